The minimum atomic E-state index is -1.18. The normalized spacial score (nSPS) is 18.7. The van der Waals surface area contributed by atoms with Crippen molar-refractivity contribution < 1.29 is 14.7 Å². The molecule has 3 rings (SSSR count). The second kappa shape index (κ2) is 5.39. The SMILES string of the molecule is O=C(O)c1[nH]cnc1C(=O)N1CCCC(c2ccn[nH]2)C1. The van der Waals surface area contributed by atoms with Gasteiger partial charge in [0.25, 0.3) is 5.91 Å². The van der Waals surface area contributed by atoms with Crippen LogP contribution in [0, 0.1) is 0 Å². The zero-order chi connectivity index (χ0) is 14.8. The molecule has 21 heavy (non-hydrogen) atoms. The Balaban J connectivity index is 1.78. The fourth-order valence-corrected chi connectivity index (χ4v) is 2.68. The molecule has 0 saturated carbocycles. The number of rotatable bonds is 3. The van der Waals surface area contributed by atoms with Gasteiger partial charge in [-0.3, -0.25) is 9.89 Å². The molecule has 1 fully saturated rings. The van der Waals surface area contributed by atoms with Gasteiger partial charge in [-0.1, -0.05) is 0 Å². The van der Waals surface area contributed by atoms with Crippen LogP contribution in [0.2, 0.25) is 0 Å². The topological polar surface area (TPSA) is 115 Å². The van der Waals surface area contributed by atoms with Crippen molar-refractivity contribution in [2.45, 2.75) is 18.8 Å². The van der Waals surface area contributed by atoms with E-state index in [1.807, 2.05) is 6.07 Å². The van der Waals surface area contributed by atoms with Crippen LogP contribution in [0.4, 0.5) is 0 Å². The number of hydrogen-bond donors (Lipinski definition) is 3. The molecule has 2 aromatic heterocycles. The summed E-state index contributed by atoms with van der Waals surface area (Å²) in [7, 11) is 0. The molecule has 0 bridgehead atoms. The average molecular weight is 289 g/mol. The van der Waals surface area contributed by atoms with Gasteiger partial charge in [-0.15, -0.1) is 0 Å². The number of carbonyl (C=O) groups excluding carboxylic acids is 1. The first-order valence-corrected chi connectivity index (χ1v) is 6.72. The van der Waals surface area contributed by atoms with Crippen molar-refractivity contribution in [3.8, 4) is 0 Å². The predicted octanol–water partition coefficient (Wildman–Crippen LogP) is 0.851. The third-order valence-electron chi connectivity index (χ3n) is 3.73. The molecule has 1 atom stereocenters. The van der Waals surface area contributed by atoms with Crippen LogP contribution in [0.3, 0.4) is 0 Å². The number of nitrogens with one attached hydrogen (secondary N) is 2. The van der Waals surface area contributed by atoms with Crippen LogP contribution in [0.1, 0.15) is 45.4 Å². The summed E-state index contributed by atoms with van der Waals surface area (Å²) in [6.07, 6.45) is 4.75. The number of imidazole rings is 1. The third kappa shape index (κ3) is 2.51. The molecule has 0 aromatic carbocycles. The maximum absolute atomic E-state index is 12.5. The lowest BCUT2D eigenvalue weighted by Crippen LogP contribution is -2.40. The second-order valence-electron chi connectivity index (χ2n) is 5.03. The molecule has 1 aliphatic heterocycles. The highest BCUT2D eigenvalue weighted by atomic mass is 16.4. The molecule has 1 amide bonds. The summed E-state index contributed by atoms with van der Waals surface area (Å²) in [6, 6.07) is 1.90. The molecule has 2 aromatic rings. The number of hydrogen-bond acceptors (Lipinski definition) is 4. The van der Waals surface area contributed by atoms with Crippen LogP contribution in [-0.4, -0.2) is 55.1 Å². The Morgan fingerprint density at radius 2 is 2.29 bits per heavy atom. The molecular formula is C13H15N5O3. The summed E-state index contributed by atoms with van der Waals surface area (Å²) in [6.45, 7) is 1.14. The Morgan fingerprint density at radius 3 is 3.00 bits per heavy atom. The van der Waals surface area contributed by atoms with Crippen molar-refractivity contribution in [2.24, 2.45) is 0 Å². The fraction of sp³-hybridized carbons (Fsp3) is 0.385. The quantitative estimate of drug-likeness (QED) is 0.774. The first-order chi connectivity index (χ1) is 10.2. The molecule has 3 heterocycles. The Bertz CT molecular complexity index is 649. The molecule has 110 valence electrons. The number of carbonyl (C=O) groups is 2. The lowest BCUT2D eigenvalue weighted by Gasteiger charge is -2.31. The monoisotopic (exact) mass is 289 g/mol. The van der Waals surface area contributed by atoms with Crippen molar-refractivity contribution in [3.63, 3.8) is 0 Å². The molecule has 1 saturated heterocycles. The van der Waals surface area contributed by atoms with Crippen LogP contribution in [0.25, 0.3) is 0 Å². The fourth-order valence-electron chi connectivity index (χ4n) is 2.68. The van der Waals surface area contributed by atoms with Crippen LogP contribution in [-0.2, 0) is 0 Å². The number of H-pyrrole nitrogens is 2. The smallest absolute Gasteiger partial charge is 0.354 e. The summed E-state index contributed by atoms with van der Waals surface area (Å²) in [4.78, 5) is 31.5. The second-order valence-corrected chi connectivity index (χ2v) is 5.03. The highest BCUT2D eigenvalue weighted by Crippen LogP contribution is 2.26. The zero-order valence-corrected chi connectivity index (χ0v) is 11.2. The third-order valence-corrected chi connectivity index (χ3v) is 3.73. The number of nitrogens with zero attached hydrogens (tertiary/aromatic N) is 3. The van der Waals surface area contributed by atoms with E-state index in [0.29, 0.717) is 13.1 Å². The molecule has 0 aliphatic carbocycles. The summed E-state index contributed by atoms with van der Waals surface area (Å²) < 4.78 is 0. The predicted molar refractivity (Wildman–Crippen MR) is 72.0 cm³/mol. The van der Waals surface area contributed by atoms with Crippen molar-refractivity contribution >= 4 is 11.9 Å². The number of amides is 1. The van der Waals surface area contributed by atoms with Crippen molar-refractivity contribution in [3.05, 3.63) is 35.7 Å². The highest BCUT2D eigenvalue weighted by Gasteiger charge is 2.29. The number of piperidine rings is 1. The van der Waals surface area contributed by atoms with Gasteiger partial charge < -0.3 is 15.0 Å². The number of aromatic nitrogens is 4. The van der Waals surface area contributed by atoms with E-state index in [-0.39, 0.29) is 23.2 Å². The van der Waals surface area contributed by atoms with Gasteiger partial charge in [0.1, 0.15) is 0 Å². The lowest BCUT2D eigenvalue weighted by atomic mass is 9.94. The van der Waals surface area contributed by atoms with Crippen molar-refractivity contribution in [2.75, 3.05) is 13.1 Å². The maximum Gasteiger partial charge on any atom is 0.354 e. The standard InChI is InChI=1S/C13H15N5O3/c19-12(10-11(13(20)21)15-7-14-10)18-5-1-2-8(6-18)9-3-4-16-17-9/h3-4,7-8H,1-2,5-6H2,(H,14,15)(H,16,17)(H,20,21). The van der Waals surface area contributed by atoms with Gasteiger partial charge in [0.15, 0.2) is 11.4 Å². The van der Waals surface area contributed by atoms with Gasteiger partial charge in [-0.2, -0.15) is 5.10 Å². The highest BCUT2D eigenvalue weighted by molar-refractivity contribution is 6.02. The van der Waals surface area contributed by atoms with Crippen LogP contribution in [0.15, 0.2) is 18.6 Å². The molecule has 1 aliphatic rings. The minimum absolute atomic E-state index is 0.0345. The van der Waals surface area contributed by atoms with E-state index < -0.39 is 5.97 Å². The van der Waals surface area contributed by atoms with Gasteiger partial charge in [-0.05, 0) is 18.9 Å². The van der Waals surface area contributed by atoms with Crippen LogP contribution in [0.5, 0.6) is 0 Å². The van der Waals surface area contributed by atoms with E-state index >= 15 is 0 Å². The molecule has 0 spiro atoms. The number of aromatic carboxylic acids is 1. The summed E-state index contributed by atoms with van der Waals surface area (Å²) in [5, 5.41) is 15.9. The van der Waals surface area contributed by atoms with E-state index in [2.05, 4.69) is 20.2 Å². The number of likely N-dealkylation sites (tertiary alicyclic amines) is 1. The zero-order valence-electron chi connectivity index (χ0n) is 11.2. The summed E-state index contributed by atoms with van der Waals surface area (Å²) in [5.41, 5.74) is 0.796. The van der Waals surface area contributed by atoms with E-state index in [1.54, 1.807) is 11.1 Å². The molecule has 1 unspecified atom stereocenters. The summed E-state index contributed by atoms with van der Waals surface area (Å²) in [5.74, 6) is -1.34. The van der Waals surface area contributed by atoms with E-state index in [9.17, 15) is 9.59 Å². The Labute approximate surface area is 120 Å². The summed E-state index contributed by atoms with van der Waals surface area (Å²) >= 11 is 0. The van der Waals surface area contributed by atoms with Crippen molar-refractivity contribution in [1.29, 1.82) is 0 Å². The van der Waals surface area contributed by atoms with Crippen molar-refractivity contribution in [1.82, 2.24) is 25.1 Å². The van der Waals surface area contributed by atoms with Crippen LogP contribution < -0.4 is 0 Å². The Kier molecular flexibility index (Phi) is 3.43. The molecular weight excluding hydrogens is 274 g/mol. The molecule has 0 radical (unpaired) electrons. The largest absolute Gasteiger partial charge is 0.477 e. The number of carboxylic acids is 1. The van der Waals surface area contributed by atoms with Gasteiger partial charge >= 0.3 is 5.97 Å². The molecule has 8 heteroatoms. The minimum Gasteiger partial charge on any atom is -0.477 e. The maximum atomic E-state index is 12.5. The van der Waals surface area contributed by atoms with E-state index in [1.165, 1.54) is 6.33 Å². The van der Waals surface area contributed by atoms with Gasteiger partial charge in [0.05, 0.1) is 6.33 Å². The first-order valence-electron chi connectivity index (χ1n) is 6.72. The first kappa shape index (κ1) is 13.3. The Hall–Kier alpha value is -2.64. The van der Waals surface area contributed by atoms with Gasteiger partial charge in [0.2, 0.25) is 0 Å². The Morgan fingerprint density at radius 1 is 1.43 bits per heavy atom. The lowest BCUT2D eigenvalue weighted by molar-refractivity contribution is 0.0652. The van der Waals surface area contributed by atoms with Gasteiger partial charge in [-0.25, -0.2) is 9.78 Å². The van der Waals surface area contributed by atoms with E-state index in [0.717, 1.165) is 18.5 Å². The van der Waals surface area contributed by atoms with Gasteiger partial charge in [0, 0.05) is 30.9 Å². The van der Waals surface area contributed by atoms with Crippen LogP contribution >= 0.6 is 0 Å². The molecule has 3 N–H and O–H groups in total. The number of carboxylic acid groups (broad SMARTS) is 1. The molecule has 8 nitrogen and oxygen atoms in total. The number of aromatic amines is 2. The van der Waals surface area contributed by atoms with E-state index in [4.69, 9.17) is 5.11 Å². The average Bonchev–Trinajstić information content (AvgIpc) is 3.17.